The van der Waals surface area contributed by atoms with Gasteiger partial charge < -0.3 is 21.3 Å². The number of aliphatic hydroxyl groups is 1. The maximum atomic E-state index is 13.0. The molecule has 1 unspecified atom stereocenters. The molecule has 6 nitrogen and oxygen atoms in total. The predicted molar refractivity (Wildman–Crippen MR) is 118 cm³/mol. The summed E-state index contributed by atoms with van der Waals surface area (Å²) in [6, 6.07) is 17.0. The molecule has 158 valence electrons. The van der Waals surface area contributed by atoms with Crippen molar-refractivity contribution in [3.05, 3.63) is 101 Å². The van der Waals surface area contributed by atoms with Crippen molar-refractivity contribution in [2.24, 2.45) is 0 Å². The number of allylic oxidation sites excluding steroid dienone is 1. The number of phenolic OH excluding ortho intramolecular Hbond substituents is 1. The van der Waals surface area contributed by atoms with E-state index in [1.54, 1.807) is 42.5 Å². The van der Waals surface area contributed by atoms with Crippen molar-refractivity contribution in [3.63, 3.8) is 0 Å². The maximum absolute atomic E-state index is 13.0. The Morgan fingerprint density at radius 3 is 2.42 bits per heavy atom. The van der Waals surface area contributed by atoms with Gasteiger partial charge in [0, 0.05) is 11.8 Å². The third kappa shape index (κ3) is 5.15. The first-order valence-electron chi connectivity index (χ1n) is 9.55. The molecule has 0 aliphatic rings. The number of carbonyl (C=O) groups excluding carboxylic acids is 1. The largest absolute Gasteiger partial charge is 0.506 e. The third-order valence-corrected chi connectivity index (χ3v) is 4.76. The lowest BCUT2D eigenvalue weighted by molar-refractivity contribution is -0.110. The molecular weight excluding hydrogens is 397 g/mol. The number of nitrogen functional groups attached to an aromatic ring is 1. The highest BCUT2D eigenvalue weighted by Gasteiger charge is 2.23. The maximum Gasteiger partial charge on any atom is 0.255 e. The molecule has 0 saturated carbocycles. The molecule has 0 aliphatic heterocycles. The molecule has 3 aromatic rings. The Morgan fingerprint density at radius 2 is 1.77 bits per heavy atom. The SMILES string of the molecule is Nc1ccc(C(=O)NC(CO)c2ccccc2)c(O)c1C(=[NH2+])/C=C/c1ccc(F)cc1. The van der Waals surface area contributed by atoms with Gasteiger partial charge in [0.2, 0.25) is 5.71 Å². The van der Waals surface area contributed by atoms with E-state index in [0.29, 0.717) is 5.56 Å². The minimum absolute atomic E-state index is 0.0308. The van der Waals surface area contributed by atoms with Gasteiger partial charge in [-0.2, -0.15) is 0 Å². The highest BCUT2D eigenvalue weighted by Crippen LogP contribution is 2.29. The number of rotatable bonds is 7. The van der Waals surface area contributed by atoms with Crippen molar-refractivity contribution in [3.8, 4) is 5.75 Å². The first kappa shape index (κ1) is 21.7. The molecule has 0 bridgehead atoms. The van der Waals surface area contributed by atoms with Gasteiger partial charge in [-0.15, -0.1) is 0 Å². The lowest BCUT2D eigenvalue weighted by Gasteiger charge is -2.18. The van der Waals surface area contributed by atoms with Crippen molar-refractivity contribution in [2.45, 2.75) is 6.04 Å². The topological polar surface area (TPSA) is 121 Å². The van der Waals surface area contributed by atoms with Gasteiger partial charge in [0.15, 0.2) is 0 Å². The number of hydrogen-bond donors (Lipinski definition) is 5. The number of nitrogens with two attached hydrogens (primary N) is 2. The molecule has 3 aromatic carbocycles. The molecule has 0 radical (unpaired) electrons. The number of phenols is 1. The number of anilines is 1. The Hall–Kier alpha value is -3.97. The molecule has 0 fully saturated rings. The van der Waals surface area contributed by atoms with Crippen LogP contribution in [-0.2, 0) is 0 Å². The van der Waals surface area contributed by atoms with Crippen LogP contribution >= 0.6 is 0 Å². The summed E-state index contributed by atoms with van der Waals surface area (Å²) in [4.78, 5) is 12.8. The minimum Gasteiger partial charge on any atom is -0.506 e. The first-order chi connectivity index (χ1) is 14.9. The quantitative estimate of drug-likeness (QED) is 0.296. The van der Waals surface area contributed by atoms with Gasteiger partial charge in [-0.3, -0.25) is 10.2 Å². The van der Waals surface area contributed by atoms with Gasteiger partial charge in [0.05, 0.1) is 18.2 Å². The molecule has 0 aliphatic carbocycles. The molecule has 0 saturated heterocycles. The summed E-state index contributed by atoms with van der Waals surface area (Å²) in [6.45, 7) is -0.312. The molecule has 0 heterocycles. The number of carbonyl (C=O) groups is 1. The van der Waals surface area contributed by atoms with Crippen LogP contribution in [0.5, 0.6) is 5.75 Å². The second-order valence-corrected chi connectivity index (χ2v) is 6.89. The van der Waals surface area contributed by atoms with Crippen LogP contribution in [0.4, 0.5) is 10.1 Å². The number of hydrogen-bond acceptors (Lipinski definition) is 4. The van der Waals surface area contributed by atoms with E-state index in [1.165, 1.54) is 30.3 Å². The molecule has 31 heavy (non-hydrogen) atoms. The Balaban J connectivity index is 1.84. The Kier molecular flexibility index (Phi) is 6.79. The summed E-state index contributed by atoms with van der Waals surface area (Å²) < 4.78 is 13.0. The molecule has 1 amide bonds. The summed E-state index contributed by atoms with van der Waals surface area (Å²) in [5.41, 5.74) is 7.82. The predicted octanol–water partition coefficient (Wildman–Crippen LogP) is 1.84. The van der Waals surface area contributed by atoms with Gasteiger partial charge in [0.1, 0.15) is 17.1 Å². The minimum atomic E-state index is -0.645. The Labute approximate surface area is 179 Å². The van der Waals surface area contributed by atoms with E-state index >= 15 is 0 Å². The van der Waals surface area contributed by atoms with E-state index in [-0.39, 0.29) is 40.7 Å². The number of halogens is 1. The van der Waals surface area contributed by atoms with E-state index < -0.39 is 11.9 Å². The van der Waals surface area contributed by atoms with Crippen molar-refractivity contribution in [1.82, 2.24) is 5.32 Å². The van der Waals surface area contributed by atoms with Crippen LogP contribution in [0.1, 0.15) is 33.1 Å². The zero-order valence-corrected chi connectivity index (χ0v) is 16.6. The van der Waals surface area contributed by atoms with E-state index in [1.807, 2.05) is 6.07 Å². The highest BCUT2D eigenvalue weighted by atomic mass is 19.1. The lowest BCUT2D eigenvalue weighted by Crippen LogP contribution is -2.39. The zero-order valence-electron chi connectivity index (χ0n) is 16.6. The number of aliphatic hydroxyl groups excluding tert-OH is 1. The van der Waals surface area contributed by atoms with E-state index in [0.717, 1.165) is 5.56 Å². The summed E-state index contributed by atoms with van der Waals surface area (Å²) in [5.74, 6) is -1.31. The summed E-state index contributed by atoms with van der Waals surface area (Å²) in [6.07, 6.45) is 3.15. The first-order valence-corrected chi connectivity index (χ1v) is 9.55. The zero-order chi connectivity index (χ0) is 22.4. The highest BCUT2D eigenvalue weighted by molar-refractivity contribution is 6.14. The second kappa shape index (κ2) is 9.69. The van der Waals surface area contributed by atoms with Gasteiger partial charge >= 0.3 is 0 Å². The second-order valence-electron chi connectivity index (χ2n) is 6.89. The fourth-order valence-corrected chi connectivity index (χ4v) is 3.09. The molecule has 0 spiro atoms. The van der Waals surface area contributed by atoms with Gasteiger partial charge in [-0.25, -0.2) is 4.39 Å². The van der Waals surface area contributed by atoms with Crippen molar-refractivity contribution in [2.75, 3.05) is 12.3 Å². The fraction of sp³-hybridized carbons (Fsp3) is 0.0833. The summed E-state index contributed by atoms with van der Waals surface area (Å²) >= 11 is 0. The molecule has 7 N–H and O–H groups in total. The van der Waals surface area contributed by atoms with E-state index in [4.69, 9.17) is 11.1 Å². The van der Waals surface area contributed by atoms with Crippen LogP contribution in [-0.4, -0.2) is 28.4 Å². The van der Waals surface area contributed by atoms with Crippen LogP contribution in [0, 0.1) is 5.82 Å². The van der Waals surface area contributed by atoms with Crippen LogP contribution in [0.15, 0.2) is 72.8 Å². The Morgan fingerprint density at radius 1 is 1.10 bits per heavy atom. The molecular formula is C24H23FN3O3+. The number of benzene rings is 3. The number of amides is 1. The molecule has 0 aromatic heterocycles. The standard InChI is InChI=1S/C24H22FN3O3/c25-17-9-6-15(7-10-17)8-12-19(26)22-20(27)13-11-18(23(22)30)24(31)28-21(14-29)16-4-2-1-3-5-16/h1-13,21,26,29-30H,14,27H2,(H,28,31)/p+1/b12-8+,26-19?. The monoisotopic (exact) mass is 420 g/mol. The average Bonchev–Trinajstić information content (AvgIpc) is 2.77. The van der Waals surface area contributed by atoms with Crippen LogP contribution < -0.4 is 16.5 Å². The molecule has 1 atom stereocenters. The van der Waals surface area contributed by atoms with Gasteiger partial charge in [-0.05, 0) is 41.5 Å². The number of aromatic hydroxyl groups is 1. The van der Waals surface area contributed by atoms with Crippen LogP contribution in [0.25, 0.3) is 6.08 Å². The third-order valence-electron chi connectivity index (χ3n) is 4.76. The average molecular weight is 420 g/mol. The van der Waals surface area contributed by atoms with Crippen molar-refractivity contribution >= 4 is 23.4 Å². The normalized spacial score (nSPS) is 11.9. The van der Waals surface area contributed by atoms with Crippen molar-refractivity contribution < 1.29 is 24.8 Å². The fourth-order valence-electron chi connectivity index (χ4n) is 3.09. The molecule has 3 rings (SSSR count). The Bertz CT molecular complexity index is 1110. The summed E-state index contributed by atoms with van der Waals surface area (Å²) in [7, 11) is 0. The van der Waals surface area contributed by atoms with Crippen molar-refractivity contribution in [1.29, 1.82) is 0 Å². The lowest BCUT2D eigenvalue weighted by atomic mass is 10.00. The van der Waals surface area contributed by atoms with Gasteiger partial charge in [0.25, 0.3) is 5.91 Å². The number of nitrogens with one attached hydrogen (secondary N) is 1. The van der Waals surface area contributed by atoms with Crippen LogP contribution in [0.2, 0.25) is 0 Å². The smallest absolute Gasteiger partial charge is 0.255 e. The molecule has 7 heteroatoms. The van der Waals surface area contributed by atoms with E-state index in [2.05, 4.69) is 5.32 Å². The van der Waals surface area contributed by atoms with Gasteiger partial charge in [-0.1, -0.05) is 42.5 Å². The summed E-state index contributed by atoms with van der Waals surface area (Å²) in [5, 5.41) is 29.2. The van der Waals surface area contributed by atoms with E-state index in [9.17, 15) is 19.4 Å². The van der Waals surface area contributed by atoms with Crippen LogP contribution in [0.3, 0.4) is 0 Å².